The van der Waals surface area contributed by atoms with Crippen LogP contribution in [0.15, 0.2) is 18.2 Å². The van der Waals surface area contributed by atoms with E-state index in [1.165, 1.54) is 0 Å². The largest absolute Gasteiger partial charge is 0.496 e. The van der Waals surface area contributed by atoms with Crippen molar-refractivity contribution in [2.45, 2.75) is 43.6 Å². The van der Waals surface area contributed by atoms with Gasteiger partial charge < -0.3 is 20.5 Å². The third kappa shape index (κ3) is 3.94. The SMILES string of the molecule is COc1ccc(Cl)cc1C1(CNC(=O)[C@@H]2CCC[C@@H]2N)CCOCC1. The molecule has 1 aromatic carbocycles. The number of carbonyl (C=O) groups is 1. The molecule has 0 bridgehead atoms. The predicted octanol–water partition coefficient (Wildman–Crippen LogP) is 2.64. The first-order valence-corrected chi connectivity index (χ1v) is 9.38. The second kappa shape index (κ2) is 7.94. The van der Waals surface area contributed by atoms with Gasteiger partial charge in [0.25, 0.3) is 0 Å². The molecule has 3 N–H and O–H groups in total. The molecule has 0 unspecified atom stereocenters. The number of benzene rings is 1. The van der Waals surface area contributed by atoms with E-state index < -0.39 is 0 Å². The van der Waals surface area contributed by atoms with Crippen molar-refractivity contribution < 1.29 is 14.3 Å². The summed E-state index contributed by atoms with van der Waals surface area (Å²) in [6.45, 7) is 1.87. The first kappa shape index (κ1) is 18.5. The van der Waals surface area contributed by atoms with Gasteiger partial charge in [-0.05, 0) is 43.9 Å². The number of carbonyl (C=O) groups excluding carboxylic acids is 1. The number of nitrogens with two attached hydrogens (primary N) is 1. The molecule has 2 fully saturated rings. The molecule has 2 atom stereocenters. The summed E-state index contributed by atoms with van der Waals surface area (Å²) in [4.78, 5) is 12.6. The molecule has 2 aliphatic rings. The number of methoxy groups -OCH3 is 1. The third-order valence-corrected chi connectivity index (χ3v) is 5.93. The van der Waals surface area contributed by atoms with E-state index in [9.17, 15) is 4.79 Å². The Labute approximate surface area is 154 Å². The van der Waals surface area contributed by atoms with Crippen molar-refractivity contribution in [1.29, 1.82) is 0 Å². The van der Waals surface area contributed by atoms with Crippen LogP contribution >= 0.6 is 11.6 Å². The fraction of sp³-hybridized carbons (Fsp3) is 0.632. The lowest BCUT2D eigenvalue weighted by atomic mass is 9.73. The summed E-state index contributed by atoms with van der Waals surface area (Å²) in [7, 11) is 1.66. The fourth-order valence-corrected chi connectivity index (χ4v) is 4.27. The van der Waals surface area contributed by atoms with Crippen LogP contribution in [0.2, 0.25) is 5.02 Å². The molecular weight excluding hydrogens is 340 g/mol. The Morgan fingerprint density at radius 1 is 1.40 bits per heavy atom. The molecule has 138 valence electrons. The van der Waals surface area contributed by atoms with Crippen LogP contribution in [0.4, 0.5) is 0 Å². The molecule has 5 nitrogen and oxygen atoms in total. The summed E-state index contributed by atoms with van der Waals surface area (Å²) >= 11 is 6.25. The van der Waals surface area contributed by atoms with E-state index in [1.807, 2.05) is 18.2 Å². The van der Waals surface area contributed by atoms with Crippen molar-refractivity contribution >= 4 is 17.5 Å². The van der Waals surface area contributed by atoms with Crippen LogP contribution in [0.1, 0.15) is 37.7 Å². The molecule has 1 saturated heterocycles. The standard InChI is InChI=1S/C19H27ClN2O3/c1-24-17-6-5-13(20)11-15(17)19(7-9-25-10-8-19)12-22-18(23)14-3-2-4-16(14)21/h5-6,11,14,16H,2-4,7-10,12,21H2,1H3,(H,22,23)/t14-,16+/m1/s1. The van der Waals surface area contributed by atoms with Gasteiger partial charge in [0.2, 0.25) is 5.91 Å². The second-order valence-corrected chi connectivity index (χ2v) is 7.59. The van der Waals surface area contributed by atoms with Gasteiger partial charge in [-0.25, -0.2) is 0 Å². The Hall–Kier alpha value is -1.30. The van der Waals surface area contributed by atoms with Crippen molar-refractivity contribution in [3.63, 3.8) is 0 Å². The van der Waals surface area contributed by atoms with Gasteiger partial charge >= 0.3 is 0 Å². The molecule has 1 heterocycles. The number of hydrogen-bond donors (Lipinski definition) is 2. The van der Waals surface area contributed by atoms with Crippen LogP contribution in [0.3, 0.4) is 0 Å². The second-order valence-electron chi connectivity index (χ2n) is 7.16. The molecule has 1 aliphatic carbocycles. The van der Waals surface area contributed by atoms with Gasteiger partial charge in [0.05, 0.1) is 13.0 Å². The van der Waals surface area contributed by atoms with Gasteiger partial charge in [0.15, 0.2) is 0 Å². The van der Waals surface area contributed by atoms with Crippen LogP contribution in [0.25, 0.3) is 0 Å². The quantitative estimate of drug-likeness (QED) is 0.840. The van der Waals surface area contributed by atoms with Crippen molar-refractivity contribution in [3.05, 3.63) is 28.8 Å². The highest BCUT2D eigenvalue weighted by atomic mass is 35.5. The first-order valence-electron chi connectivity index (χ1n) is 9.01. The Morgan fingerprint density at radius 3 is 2.80 bits per heavy atom. The number of halogens is 1. The summed E-state index contributed by atoms with van der Waals surface area (Å²) in [5.41, 5.74) is 6.89. The molecule has 0 radical (unpaired) electrons. The highest BCUT2D eigenvalue weighted by Gasteiger charge is 2.39. The molecule has 1 saturated carbocycles. The van der Waals surface area contributed by atoms with Gasteiger partial charge in [-0.2, -0.15) is 0 Å². The lowest BCUT2D eigenvalue weighted by molar-refractivity contribution is -0.125. The van der Waals surface area contributed by atoms with Gasteiger partial charge in [-0.3, -0.25) is 4.79 Å². The minimum atomic E-state index is -0.229. The average molecular weight is 367 g/mol. The summed E-state index contributed by atoms with van der Waals surface area (Å²) < 4.78 is 11.1. The maximum absolute atomic E-state index is 12.6. The molecule has 1 aromatic rings. The van der Waals surface area contributed by atoms with Crippen molar-refractivity contribution in [2.24, 2.45) is 11.7 Å². The normalized spacial score (nSPS) is 25.6. The molecule has 0 aromatic heterocycles. The Morgan fingerprint density at radius 2 is 2.16 bits per heavy atom. The van der Waals surface area contributed by atoms with Gasteiger partial charge in [-0.15, -0.1) is 0 Å². The van der Waals surface area contributed by atoms with E-state index in [1.54, 1.807) is 7.11 Å². The Balaban J connectivity index is 1.82. The minimum absolute atomic E-state index is 0.0219. The molecule has 1 amide bonds. The van der Waals surface area contributed by atoms with Gasteiger partial charge in [0.1, 0.15) is 5.75 Å². The van der Waals surface area contributed by atoms with Crippen LogP contribution in [-0.2, 0) is 14.9 Å². The summed E-state index contributed by atoms with van der Waals surface area (Å²) in [5, 5.41) is 3.83. The molecule has 3 rings (SSSR count). The number of rotatable bonds is 5. The average Bonchev–Trinajstić information content (AvgIpc) is 3.06. The van der Waals surface area contributed by atoms with Crippen LogP contribution in [0, 0.1) is 5.92 Å². The number of hydrogen-bond acceptors (Lipinski definition) is 4. The lowest BCUT2D eigenvalue weighted by Crippen LogP contribution is -2.47. The molecule has 25 heavy (non-hydrogen) atoms. The number of nitrogens with one attached hydrogen (secondary N) is 1. The maximum atomic E-state index is 12.6. The van der Waals surface area contributed by atoms with E-state index in [0.717, 1.165) is 43.4 Å². The zero-order valence-electron chi connectivity index (χ0n) is 14.7. The molecule has 0 spiro atoms. The monoisotopic (exact) mass is 366 g/mol. The van der Waals surface area contributed by atoms with Gasteiger partial charge in [-0.1, -0.05) is 18.0 Å². The van der Waals surface area contributed by atoms with Crippen LogP contribution in [0.5, 0.6) is 5.75 Å². The van der Waals surface area contributed by atoms with Crippen molar-refractivity contribution in [2.75, 3.05) is 26.9 Å². The summed E-state index contributed by atoms with van der Waals surface area (Å²) in [5.74, 6) is 0.799. The minimum Gasteiger partial charge on any atom is -0.496 e. The van der Waals surface area contributed by atoms with Gasteiger partial charge in [0, 0.05) is 41.8 Å². The Kier molecular flexibility index (Phi) is 5.87. The van der Waals surface area contributed by atoms with E-state index in [4.69, 9.17) is 26.8 Å². The lowest BCUT2D eigenvalue weighted by Gasteiger charge is -2.39. The zero-order valence-corrected chi connectivity index (χ0v) is 15.5. The smallest absolute Gasteiger partial charge is 0.224 e. The van der Waals surface area contributed by atoms with Crippen molar-refractivity contribution in [3.8, 4) is 5.75 Å². The van der Waals surface area contributed by atoms with E-state index in [2.05, 4.69) is 5.32 Å². The first-order chi connectivity index (χ1) is 12.1. The highest BCUT2D eigenvalue weighted by molar-refractivity contribution is 6.30. The fourth-order valence-electron chi connectivity index (χ4n) is 4.10. The maximum Gasteiger partial charge on any atom is 0.224 e. The number of ether oxygens (including phenoxy) is 2. The highest BCUT2D eigenvalue weighted by Crippen LogP contribution is 2.41. The molecule has 6 heteroatoms. The van der Waals surface area contributed by atoms with Crippen LogP contribution in [-0.4, -0.2) is 38.8 Å². The predicted molar refractivity (Wildman–Crippen MR) is 98.1 cm³/mol. The molecular formula is C19H27ClN2O3. The molecule has 1 aliphatic heterocycles. The van der Waals surface area contributed by atoms with E-state index >= 15 is 0 Å². The van der Waals surface area contributed by atoms with Crippen LogP contribution < -0.4 is 15.8 Å². The zero-order chi connectivity index (χ0) is 17.9. The van der Waals surface area contributed by atoms with E-state index in [0.29, 0.717) is 24.8 Å². The topological polar surface area (TPSA) is 73.6 Å². The number of amides is 1. The summed E-state index contributed by atoms with van der Waals surface area (Å²) in [6.07, 6.45) is 4.48. The third-order valence-electron chi connectivity index (χ3n) is 5.69. The Bertz CT molecular complexity index is 617. The van der Waals surface area contributed by atoms with E-state index in [-0.39, 0.29) is 23.3 Å². The summed E-state index contributed by atoms with van der Waals surface area (Å²) in [6, 6.07) is 5.65. The van der Waals surface area contributed by atoms with Crippen molar-refractivity contribution in [1.82, 2.24) is 5.32 Å².